The van der Waals surface area contributed by atoms with E-state index < -0.39 is 3.78 Å². The van der Waals surface area contributed by atoms with Crippen LogP contribution in [0.25, 0.3) is 0 Å². The van der Waals surface area contributed by atoms with Gasteiger partial charge in [-0.3, -0.25) is 0 Å². The van der Waals surface area contributed by atoms with Gasteiger partial charge in [-0.15, -0.1) is 11.6 Å². The van der Waals surface area contributed by atoms with Crippen LogP contribution in [0.5, 0.6) is 0 Å². The smallest absolute Gasteiger partial charge is 0.122 e. The topological polar surface area (TPSA) is 35.1 Å². The Balaban J connectivity index is 1.77. The fourth-order valence-electron chi connectivity index (χ4n) is 4.54. The van der Waals surface area contributed by atoms with Crippen LogP contribution in [0.1, 0.15) is 39.5 Å². The Kier molecular flexibility index (Phi) is 4.42. The highest BCUT2D eigenvalue weighted by atomic mass is 79.9. The Hall–Kier alpha value is 0.650. The molecule has 2 N–H and O–H groups in total. The van der Waals surface area contributed by atoms with E-state index in [4.69, 9.17) is 21.1 Å². The van der Waals surface area contributed by atoms with Crippen LogP contribution in [-0.2, 0) is 9.47 Å². The minimum absolute atomic E-state index is 0.108. The number of rotatable bonds is 2. The summed E-state index contributed by atoms with van der Waals surface area (Å²) in [6.07, 6.45) is 5.52. The zero-order valence-corrected chi connectivity index (χ0v) is 14.9. The number of fused-ring (bicyclic) bond motifs is 3. The maximum Gasteiger partial charge on any atom is 0.122 e. The number of hydrogen-bond acceptors (Lipinski definition) is 2. The van der Waals surface area contributed by atoms with E-state index in [2.05, 4.69) is 28.2 Å². The van der Waals surface area contributed by atoms with Crippen molar-refractivity contribution in [1.82, 2.24) is 0 Å². The highest BCUT2D eigenvalue weighted by molar-refractivity contribution is 9.10. The minimum atomic E-state index is -0.450. The third-order valence-electron chi connectivity index (χ3n) is 5.68. The SMILES string of the molecule is COC1CCC2[NH2+]C(C)C3C[C@@H]([C@](C)(Cl)Br)OC3C2C1. The maximum absolute atomic E-state index is 6.44. The van der Waals surface area contributed by atoms with Gasteiger partial charge in [-0.1, -0.05) is 15.9 Å². The van der Waals surface area contributed by atoms with E-state index in [0.29, 0.717) is 36.1 Å². The molecule has 3 nitrogen and oxygen atoms in total. The Morgan fingerprint density at radius 3 is 2.70 bits per heavy atom. The lowest BCUT2D eigenvalue weighted by atomic mass is 9.70. The summed E-state index contributed by atoms with van der Waals surface area (Å²) in [7, 11) is 1.84. The summed E-state index contributed by atoms with van der Waals surface area (Å²) in [5, 5.41) is 2.59. The van der Waals surface area contributed by atoms with Crippen molar-refractivity contribution in [2.45, 2.75) is 73.7 Å². The molecule has 8 atom stereocenters. The van der Waals surface area contributed by atoms with Gasteiger partial charge in [0.15, 0.2) is 0 Å². The molecule has 1 saturated carbocycles. The van der Waals surface area contributed by atoms with Crippen molar-refractivity contribution in [1.29, 1.82) is 0 Å². The number of halogens is 2. The lowest BCUT2D eigenvalue weighted by molar-refractivity contribution is -0.745. The van der Waals surface area contributed by atoms with E-state index in [-0.39, 0.29) is 6.10 Å². The van der Waals surface area contributed by atoms with Crippen LogP contribution in [0.4, 0.5) is 0 Å². The molecule has 6 unspecified atom stereocenters. The molecule has 2 aliphatic heterocycles. The number of piperidine rings is 1. The lowest BCUT2D eigenvalue weighted by Gasteiger charge is -2.44. The molecule has 20 heavy (non-hydrogen) atoms. The van der Waals surface area contributed by atoms with Crippen molar-refractivity contribution in [2.24, 2.45) is 11.8 Å². The number of methoxy groups -OCH3 is 1. The van der Waals surface area contributed by atoms with Crippen LogP contribution in [-0.4, -0.2) is 41.3 Å². The molecule has 1 aliphatic carbocycles. The van der Waals surface area contributed by atoms with Crippen LogP contribution in [0.3, 0.4) is 0 Å². The van der Waals surface area contributed by atoms with E-state index >= 15 is 0 Å². The van der Waals surface area contributed by atoms with Gasteiger partial charge in [-0.25, -0.2) is 0 Å². The van der Waals surface area contributed by atoms with Crippen LogP contribution in [0.2, 0.25) is 0 Å². The van der Waals surface area contributed by atoms with Crippen LogP contribution < -0.4 is 5.32 Å². The molecule has 0 aromatic rings. The van der Waals surface area contributed by atoms with E-state index in [1.54, 1.807) is 0 Å². The predicted octanol–water partition coefficient (Wildman–Crippen LogP) is 2.26. The summed E-state index contributed by atoms with van der Waals surface area (Å²) in [6.45, 7) is 4.35. The molecular formula is C15H26BrClNO2+. The van der Waals surface area contributed by atoms with Crippen LogP contribution in [0, 0.1) is 11.8 Å². The van der Waals surface area contributed by atoms with Gasteiger partial charge in [0.2, 0.25) is 0 Å². The maximum atomic E-state index is 6.44. The molecule has 0 radical (unpaired) electrons. The zero-order chi connectivity index (χ0) is 14.5. The van der Waals surface area contributed by atoms with Crippen molar-refractivity contribution < 1.29 is 14.8 Å². The first kappa shape index (κ1) is 15.5. The minimum Gasteiger partial charge on any atom is -0.381 e. The largest absolute Gasteiger partial charge is 0.381 e. The number of nitrogens with two attached hydrogens (primary N) is 1. The third-order valence-corrected chi connectivity index (χ3v) is 6.44. The van der Waals surface area contributed by atoms with E-state index in [1.165, 1.54) is 12.8 Å². The summed E-state index contributed by atoms with van der Waals surface area (Å²) >= 11 is 10.0. The van der Waals surface area contributed by atoms with Gasteiger partial charge in [-0.05, 0) is 33.1 Å². The van der Waals surface area contributed by atoms with E-state index in [0.717, 1.165) is 12.8 Å². The van der Waals surface area contributed by atoms with Gasteiger partial charge in [0.25, 0.3) is 0 Å². The summed E-state index contributed by atoms with van der Waals surface area (Å²) in [4.78, 5) is 0. The van der Waals surface area contributed by atoms with Crippen molar-refractivity contribution in [3.63, 3.8) is 0 Å². The van der Waals surface area contributed by atoms with Crippen molar-refractivity contribution in [2.75, 3.05) is 7.11 Å². The zero-order valence-electron chi connectivity index (χ0n) is 12.5. The molecule has 0 aromatic carbocycles. The molecule has 0 aromatic heterocycles. The number of quaternary nitrogens is 1. The third kappa shape index (κ3) is 2.79. The molecule has 5 heteroatoms. The van der Waals surface area contributed by atoms with Crippen molar-refractivity contribution in [3.05, 3.63) is 0 Å². The first-order chi connectivity index (χ1) is 9.40. The Labute approximate surface area is 135 Å². The van der Waals surface area contributed by atoms with Crippen LogP contribution in [0.15, 0.2) is 0 Å². The second kappa shape index (κ2) is 5.69. The monoisotopic (exact) mass is 366 g/mol. The second-order valence-electron chi connectivity index (χ2n) is 7.00. The summed E-state index contributed by atoms with van der Waals surface area (Å²) in [5.41, 5.74) is 0. The highest BCUT2D eigenvalue weighted by Gasteiger charge is 2.55. The first-order valence-corrected chi connectivity index (χ1v) is 8.98. The quantitative estimate of drug-likeness (QED) is 0.760. The van der Waals surface area contributed by atoms with E-state index in [1.807, 2.05) is 14.0 Å². The van der Waals surface area contributed by atoms with Gasteiger partial charge in [0.05, 0.1) is 30.4 Å². The molecule has 0 bridgehead atoms. The van der Waals surface area contributed by atoms with Gasteiger partial charge in [0.1, 0.15) is 3.78 Å². The van der Waals surface area contributed by atoms with Gasteiger partial charge >= 0.3 is 0 Å². The molecule has 3 fully saturated rings. The highest BCUT2D eigenvalue weighted by Crippen LogP contribution is 2.46. The van der Waals surface area contributed by atoms with Crippen molar-refractivity contribution >= 4 is 27.5 Å². The summed E-state index contributed by atoms with van der Waals surface area (Å²) in [6, 6.07) is 1.34. The normalized spacial score (nSPS) is 51.1. The Morgan fingerprint density at radius 2 is 2.05 bits per heavy atom. The first-order valence-electron chi connectivity index (χ1n) is 7.81. The van der Waals surface area contributed by atoms with Gasteiger partial charge < -0.3 is 14.8 Å². The molecule has 2 saturated heterocycles. The van der Waals surface area contributed by atoms with Crippen molar-refractivity contribution in [3.8, 4) is 0 Å². The lowest BCUT2D eigenvalue weighted by Crippen LogP contribution is -3.00. The standard InChI is InChI=1S/C15H25BrClNO2/c1-8-10-7-13(15(2,16)17)20-14(10)11-6-9(19-3)4-5-12(11)18-8/h8-14,18H,4-7H2,1-3H3/p+1/t8?,9?,10?,11?,12?,13-,14?,15-/m0/s1. The fraction of sp³-hybridized carbons (Fsp3) is 1.00. The Morgan fingerprint density at radius 1 is 1.30 bits per heavy atom. The average Bonchev–Trinajstić information content (AvgIpc) is 2.84. The van der Waals surface area contributed by atoms with Gasteiger partial charge in [-0.2, -0.15) is 0 Å². The number of ether oxygens (including phenoxy) is 2. The van der Waals surface area contributed by atoms with Gasteiger partial charge in [0, 0.05) is 25.4 Å². The Bertz CT molecular complexity index is 362. The number of hydrogen-bond donors (Lipinski definition) is 1. The fourth-order valence-corrected chi connectivity index (χ4v) is 4.97. The summed E-state index contributed by atoms with van der Waals surface area (Å²) in [5.74, 6) is 1.24. The molecule has 2 heterocycles. The average molecular weight is 368 g/mol. The number of alkyl halides is 2. The molecule has 116 valence electrons. The molecule has 3 aliphatic rings. The second-order valence-corrected chi connectivity index (χ2v) is 9.88. The molecular weight excluding hydrogens is 342 g/mol. The summed E-state index contributed by atoms with van der Waals surface area (Å²) < 4.78 is 11.6. The predicted molar refractivity (Wildman–Crippen MR) is 83.3 cm³/mol. The van der Waals surface area contributed by atoms with Crippen LogP contribution >= 0.6 is 27.5 Å². The molecule has 0 spiro atoms. The molecule has 0 amide bonds. The molecule has 3 rings (SSSR count). The van der Waals surface area contributed by atoms with E-state index in [9.17, 15) is 0 Å².